The van der Waals surface area contributed by atoms with E-state index in [1.807, 2.05) is 5.32 Å². The number of halogens is 4. The van der Waals surface area contributed by atoms with Gasteiger partial charge in [0.05, 0.1) is 20.9 Å². The van der Waals surface area contributed by atoms with Gasteiger partial charge in [-0.25, -0.2) is 8.42 Å². The maximum absolute atomic E-state index is 12.6. The number of nitrogens with one attached hydrogen (secondary N) is 1. The number of benzene rings is 1. The lowest BCUT2D eigenvalue weighted by atomic mass is 10.1. The number of hydrogen-bond acceptors (Lipinski definition) is 4. The molecule has 0 saturated heterocycles. The van der Waals surface area contributed by atoms with Gasteiger partial charge in [0.1, 0.15) is 0 Å². The van der Waals surface area contributed by atoms with E-state index < -0.39 is 32.8 Å². The Bertz CT molecular complexity index is 714. The van der Waals surface area contributed by atoms with Crippen molar-refractivity contribution in [3.8, 4) is 0 Å². The summed E-state index contributed by atoms with van der Waals surface area (Å²) in [6, 6.07) is 3.19. The highest BCUT2D eigenvalue weighted by molar-refractivity contribution is 7.92. The maximum atomic E-state index is 12.6. The van der Waals surface area contributed by atoms with Crippen LogP contribution in [0.3, 0.4) is 0 Å². The number of hydrogen-bond donors (Lipinski definition) is 2. The van der Waals surface area contributed by atoms with Gasteiger partial charge in [-0.2, -0.15) is 13.2 Å². The van der Waals surface area contributed by atoms with Crippen LogP contribution in [0.1, 0.15) is 20.8 Å². The van der Waals surface area contributed by atoms with Crippen molar-refractivity contribution >= 4 is 33.0 Å². The molecule has 0 aromatic heterocycles. The summed E-state index contributed by atoms with van der Waals surface area (Å²) < 4.78 is 61.7. The third kappa shape index (κ3) is 3.96. The molecule has 1 aromatic carbocycles. The fourth-order valence-electron chi connectivity index (χ4n) is 1.42. The highest BCUT2D eigenvalue weighted by Gasteiger charge is 2.55. The second-order valence-corrected chi connectivity index (χ2v) is 8.17. The third-order valence-electron chi connectivity index (χ3n) is 3.13. The quantitative estimate of drug-likeness (QED) is 0.850. The van der Waals surface area contributed by atoms with E-state index in [-0.39, 0.29) is 15.6 Å². The summed E-state index contributed by atoms with van der Waals surface area (Å²) in [6.45, 7) is 3.22. The summed E-state index contributed by atoms with van der Waals surface area (Å²) in [7, 11) is -3.62. The molecule has 0 aliphatic rings. The van der Waals surface area contributed by atoms with Crippen molar-refractivity contribution in [3.05, 3.63) is 23.2 Å². The molecule has 1 aromatic rings. The van der Waals surface area contributed by atoms with Gasteiger partial charge >= 0.3 is 6.18 Å². The smallest absolute Gasteiger partial charge is 0.373 e. The van der Waals surface area contributed by atoms with Crippen LogP contribution in [0.2, 0.25) is 5.02 Å². The average Bonchev–Trinajstić information content (AvgIpc) is 2.39. The molecule has 5 nitrogen and oxygen atoms in total. The first-order chi connectivity index (χ1) is 10.2. The van der Waals surface area contributed by atoms with Crippen LogP contribution in [0, 0.1) is 0 Å². The van der Waals surface area contributed by atoms with Gasteiger partial charge < -0.3 is 10.4 Å². The Morgan fingerprint density at radius 3 is 2.22 bits per heavy atom. The predicted octanol–water partition coefficient (Wildman–Crippen LogP) is 2.77. The Hall–Kier alpha value is -1.32. The van der Waals surface area contributed by atoms with Gasteiger partial charge in [-0.1, -0.05) is 11.6 Å². The summed E-state index contributed by atoms with van der Waals surface area (Å²) in [5.74, 6) is -1.73. The molecule has 2 N–H and O–H groups in total. The molecule has 23 heavy (non-hydrogen) atoms. The fraction of sp³-hybridized carbons (Fsp3) is 0.462. The van der Waals surface area contributed by atoms with Gasteiger partial charge in [0.25, 0.3) is 5.91 Å². The van der Waals surface area contributed by atoms with Crippen LogP contribution >= 0.6 is 11.6 Å². The van der Waals surface area contributed by atoms with Crippen LogP contribution in [0.5, 0.6) is 0 Å². The van der Waals surface area contributed by atoms with Crippen LogP contribution in [0.25, 0.3) is 0 Å². The molecule has 1 rings (SSSR count). The Kier molecular flexibility index (Phi) is 5.40. The molecule has 0 fully saturated rings. The van der Waals surface area contributed by atoms with Crippen molar-refractivity contribution in [2.24, 2.45) is 0 Å². The monoisotopic (exact) mass is 373 g/mol. The number of alkyl halides is 3. The van der Waals surface area contributed by atoms with Gasteiger partial charge in [0, 0.05) is 0 Å². The lowest BCUT2D eigenvalue weighted by Crippen LogP contribution is -2.52. The molecule has 1 amide bonds. The van der Waals surface area contributed by atoms with E-state index in [9.17, 15) is 31.5 Å². The third-order valence-corrected chi connectivity index (χ3v) is 5.60. The Balaban J connectivity index is 3.13. The number of amides is 1. The zero-order valence-electron chi connectivity index (χ0n) is 12.4. The maximum Gasteiger partial charge on any atom is 0.426 e. The molecule has 130 valence electrons. The Morgan fingerprint density at radius 2 is 1.83 bits per heavy atom. The number of sulfone groups is 1. The van der Waals surface area contributed by atoms with Crippen molar-refractivity contribution in [3.63, 3.8) is 0 Å². The van der Waals surface area contributed by atoms with E-state index in [0.29, 0.717) is 6.92 Å². The first-order valence-electron chi connectivity index (χ1n) is 6.35. The molecular formula is C13H15ClF3NO4S. The van der Waals surface area contributed by atoms with Gasteiger partial charge in [0.15, 0.2) is 9.84 Å². The van der Waals surface area contributed by atoms with Crippen LogP contribution in [0.4, 0.5) is 18.9 Å². The fourth-order valence-corrected chi connectivity index (χ4v) is 2.80. The minimum absolute atomic E-state index is 0.127. The summed E-state index contributed by atoms with van der Waals surface area (Å²) in [5.41, 5.74) is -3.86. The van der Waals surface area contributed by atoms with Gasteiger partial charge in [0.2, 0.25) is 5.60 Å². The SMILES string of the molecule is CC(C)S(=O)(=O)c1ccc(NC(=O)[C@@](C)(O)C(F)(F)F)c(Cl)c1. The summed E-state index contributed by atoms with van der Waals surface area (Å²) in [4.78, 5) is 11.4. The van der Waals surface area contributed by atoms with Crippen molar-refractivity contribution in [1.82, 2.24) is 0 Å². The molecule has 0 aliphatic carbocycles. The molecule has 0 aliphatic heterocycles. The van der Waals surface area contributed by atoms with Gasteiger partial charge in [-0.05, 0) is 39.0 Å². The first kappa shape index (κ1) is 19.7. The second kappa shape index (κ2) is 6.29. The van der Waals surface area contributed by atoms with E-state index >= 15 is 0 Å². The van der Waals surface area contributed by atoms with E-state index in [2.05, 4.69) is 0 Å². The van der Waals surface area contributed by atoms with Crippen LogP contribution < -0.4 is 5.32 Å². The van der Waals surface area contributed by atoms with Crippen molar-refractivity contribution in [2.45, 2.75) is 42.7 Å². The summed E-state index contributed by atoms with van der Waals surface area (Å²) in [6.07, 6.45) is -5.18. The Morgan fingerprint density at radius 1 is 1.30 bits per heavy atom. The van der Waals surface area contributed by atoms with Gasteiger partial charge in [-0.15, -0.1) is 0 Å². The molecule has 0 heterocycles. The summed E-state index contributed by atoms with van der Waals surface area (Å²) >= 11 is 5.81. The minimum atomic E-state index is -5.18. The average molecular weight is 374 g/mol. The van der Waals surface area contributed by atoms with E-state index in [0.717, 1.165) is 18.2 Å². The molecule has 0 unspecified atom stereocenters. The zero-order chi connectivity index (χ0) is 18.2. The number of carbonyl (C=O) groups excluding carboxylic acids is 1. The highest BCUT2D eigenvalue weighted by Crippen LogP contribution is 2.33. The van der Waals surface area contributed by atoms with Crippen molar-refractivity contribution < 1.29 is 31.5 Å². The first-order valence-corrected chi connectivity index (χ1v) is 8.27. The number of anilines is 1. The zero-order valence-corrected chi connectivity index (χ0v) is 14.0. The predicted molar refractivity (Wildman–Crippen MR) is 79.1 cm³/mol. The van der Waals surface area contributed by atoms with Gasteiger partial charge in [-0.3, -0.25) is 4.79 Å². The summed E-state index contributed by atoms with van der Waals surface area (Å²) in [5, 5.41) is 10.1. The number of carbonyl (C=O) groups is 1. The second-order valence-electron chi connectivity index (χ2n) is 5.26. The normalized spacial score (nSPS) is 15.3. The molecule has 0 saturated carbocycles. The number of rotatable bonds is 4. The molecule has 0 radical (unpaired) electrons. The lowest BCUT2D eigenvalue weighted by molar-refractivity contribution is -0.242. The Labute approximate surface area is 136 Å². The minimum Gasteiger partial charge on any atom is -0.373 e. The van der Waals surface area contributed by atoms with Crippen molar-refractivity contribution in [1.29, 1.82) is 0 Å². The number of aliphatic hydroxyl groups is 1. The highest BCUT2D eigenvalue weighted by atomic mass is 35.5. The van der Waals surface area contributed by atoms with E-state index in [1.165, 1.54) is 13.8 Å². The molecule has 0 spiro atoms. The molecule has 10 heteroatoms. The molecule has 1 atom stereocenters. The topological polar surface area (TPSA) is 83.5 Å². The van der Waals surface area contributed by atoms with Crippen LogP contribution in [-0.4, -0.2) is 36.5 Å². The van der Waals surface area contributed by atoms with Crippen molar-refractivity contribution in [2.75, 3.05) is 5.32 Å². The lowest BCUT2D eigenvalue weighted by Gasteiger charge is -2.25. The molecular weight excluding hydrogens is 359 g/mol. The van der Waals surface area contributed by atoms with E-state index in [1.54, 1.807) is 0 Å². The largest absolute Gasteiger partial charge is 0.426 e. The van der Waals surface area contributed by atoms with E-state index in [4.69, 9.17) is 11.6 Å². The molecule has 0 bridgehead atoms. The standard InChI is InChI=1S/C13H15ClF3NO4S/c1-7(2)23(21,22)8-4-5-10(9(14)6-8)18-11(19)12(3,20)13(15,16)17/h4-7,20H,1-3H3,(H,18,19)/t12-/m1/s1. The van der Waals surface area contributed by atoms with Crippen LogP contribution in [-0.2, 0) is 14.6 Å². The van der Waals surface area contributed by atoms with Crippen LogP contribution in [0.15, 0.2) is 23.1 Å².